The predicted molar refractivity (Wildman–Crippen MR) is 111 cm³/mol. The molecule has 4 rings (SSSR count). The molecule has 8 heteroatoms. The number of hydrazone groups is 1. The van der Waals surface area contributed by atoms with E-state index in [0.717, 1.165) is 22.5 Å². The molecule has 1 fully saturated rings. The minimum absolute atomic E-state index is 0.0524. The number of aromatic nitrogens is 2. The van der Waals surface area contributed by atoms with Gasteiger partial charge in [0.25, 0.3) is 0 Å². The molecule has 0 bridgehead atoms. The van der Waals surface area contributed by atoms with Crippen molar-refractivity contribution in [1.82, 2.24) is 15.2 Å². The first-order chi connectivity index (χ1) is 14.0. The van der Waals surface area contributed by atoms with Crippen LogP contribution in [0, 0.1) is 5.92 Å². The van der Waals surface area contributed by atoms with Crippen molar-refractivity contribution < 1.29 is 13.2 Å². The summed E-state index contributed by atoms with van der Waals surface area (Å²) in [6.45, 7) is 0. The number of carbonyl (C=O) groups is 1. The van der Waals surface area contributed by atoms with Gasteiger partial charge in [-0.1, -0.05) is 48.5 Å². The highest BCUT2D eigenvalue weighted by Crippen LogP contribution is 2.22. The van der Waals surface area contributed by atoms with Crippen molar-refractivity contribution in [3.8, 4) is 16.9 Å². The number of nitrogens with one attached hydrogen (secondary N) is 1. The lowest BCUT2D eigenvalue weighted by molar-refractivity contribution is -0.124. The number of para-hydroxylation sites is 1. The molecular weight excluding hydrogens is 388 g/mol. The molecule has 0 saturated carbocycles. The molecule has 29 heavy (non-hydrogen) atoms. The molecule has 1 aromatic heterocycles. The summed E-state index contributed by atoms with van der Waals surface area (Å²) in [5.74, 6) is -0.983. The lowest BCUT2D eigenvalue weighted by Crippen LogP contribution is -2.27. The zero-order valence-corrected chi connectivity index (χ0v) is 16.4. The van der Waals surface area contributed by atoms with Crippen molar-refractivity contribution in [1.29, 1.82) is 0 Å². The van der Waals surface area contributed by atoms with Crippen LogP contribution in [-0.2, 0) is 14.6 Å². The van der Waals surface area contributed by atoms with Crippen LogP contribution in [-0.4, -0.2) is 41.8 Å². The standard InChI is InChI=1S/C21H20N4O3S/c26-21(17-11-12-29(27,28)15-17)23-22-13-18-14-25(19-9-5-2-6-10-19)24-20(18)16-7-3-1-4-8-16/h1-10,13-14,17H,11-12,15H2,(H,23,26)/b22-13-/t17-/m1/s1. The molecule has 2 aromatic carbocycles. The minimum atomic E-state index is -3.11. The van der Waals surface area contributed by atoms with Crippen molar-refractivity contribution in [3.05, 3.63) is 72.4 Å². The Balaban J connectivity index is 1.58. The van der Waals surface area contributed by atoms with Crippen LogP contribution >= 0.6 is 0 Å². The summed E-state index contributed by atoms with van der Waals surface area (Å²) < 4.78 is 24.9. The van der Waals surface area contributed by atoms with Gasteiger partial charge < -0.3 is 0 Å². The second kappa shape index (κ2) is 8.00. The number of rotatable bonds is 5. The van der Waals surface area contributed by atoms with Gasteiger partial charge in [0.1, 0.15) is 5.69 Å². The molecule has 1 aliphatic heterocycles. The fourth-order valence-electron chi connectivity index (χ4n) is 3.27. The third-order valence-electron chi connectivity index (χ3n) is 4.79. The highest BCUT2D eigenvalue weighted by molar-refractivity contribution is 7.91. The van der Waals surface area contributed by atoms with E-state index in [-0.39, 0.29) is 17.4 Å². The molecule has 1 aliphatic rings. The zero-order valence-electron chi connectivity index (χ0n) is 15.6. The van der Waals surface area contributed by atoms with Crippen LogP contribution in [0.5, 0.6) is 0 Å². The summed E-state index contributed by atoms with van der Waals surface area (Å²) in [5.41, 5.74) is 5.77. The van der Waals surface area contributed by atoms with Crippen molar-refractivity contribution >= 4 is 22.0 Å². The number of nitrogens with zero attached hydrogens (tertiary/aromatic N) is 3. The van der Waals surface area contributed by atoms with E-state index in [4.69, 9.17) is 0 Å². The molecule has 7 nitrogen and oxygen atoms in total. The first kappa shape index (κ1) is 19.1. The van der Waals surface area contributed by atoms with Gasteiger partial charge in [0.15, 0.2) is 9.84 Å². The Morgan fingerprint density at radius 3 is 2.45 bits per heavy atom. The highest BCUT2D eigenvalue weighted by Gasteiger charge is 2.32. The lowest BCUT2D eigenvalue weighted by Gasteiger charge is -2.04. The van der Waals surface area contributed by atoms with Crippen LogP contribution in [0.4, 0.5) is 0 Å². The van der Waals surface area contributed by atoms with E-state index >= 15 is 0 Å². The first-order valence-corrected chi connectivity index (χ1v) is 11.1. The third-order valence-corrected chi connectivity index (χ3v) is 6.56. The summed E-state index contributed by atoms with van der Waals surface area (Å²) in [7, 11) is -3.11. The van der Waals surface area contributed by atoms with Gasteiger partial charge in [-0.15, -0.1) is 0 Å². The maximum Gasteiger partial charge on any atom is 0.244 e. The van der Waals surface area contributed by atoms with Crippen LogP contribution in [0.25, 0.3) is 16.9 Å². The summed E-state index contributed by atoms with van der Waals surface area (Å²) in [6, 6.07) is 19.4. The number of sulfone groups is 1. The molecule has 1 atom stereocenters. The molecule has 0 radical (unpaired) electrons. The van der Waals surface area contributed by atoms with Crippen LogP contribution in [0.3, 0.4) is 0 Å². The number of hydrogen-bond acceptors (Lipinski definition) is 5. The number of benzene rings is 2. The Hall–Kier alpha value is -3.26. The Labute approximate surface area is 169 Å². The maximum atomic E-state index is 12.2. The van der Waals surface area contributed by atoms with E-state index in [0.29, 0.717) is 6.42 Å². The molecular formula is C21H20N4O3S. The maximum absolute atomic E-state index is 12.2. The fraction of sp³-hybridized carbons (Fsp3) is 0.190. The summed E-state index contributed by atoms with van der Waals surface area (Å²) >= 11 is 0. The van der Waals surface area contributed by atoms with Crippen molar-refractivity contribution in [3.63, 3.8) is 0 Å². The van der Waals surface area contributed by atoms with Crippen LogP contribution in [0.2, 0.25) is 0 Å². The molecule has 1 N–H and O–H groups in total. The Kier molecular flexibility index (Phi) is 5.26. The minimum Gasteiger partial charge on any atom is -0.273 e. The van der Waals surface area contributed by atoms with E-state index < -0.39 is 15.8 Å². The quantitative estimate of drug-likeness (QED) is 0.518. The molecule has 1 saturated heterocycles. The molecule has 0 aliphatic carbocycles. The van der Waals surface area contributed by atoms with Gasteiger partial charge in [-0.3, -0.25) is 4.79 Å². The Bertz CT molecular complexity index is 1140. The number of hydrogen-bond donors (Lipinski definition) is 1. The highest BCUT2D eigenvalue weighted by atomic mass is 32.2. The molecule has 0 unspecified atom stereocenters. The van der Waals surface area contributed by atoms with Gasteiger partial charge in [-0.05, 0) is 18.6 Å². The van der Waals surface area contributed by atoms with E-state index in [1.165, 1.54) is 6.21 Å². The summed E-state index contributed by atoms with van der Waals surface area (Å²) in [4.78, 5) is 12.2. The van der Waals surface area contributed by atoms with Gasteiger partial charge in [-0.25, -0.2) is 18.5 Å². The van der Waals surface area contributed by atoms with Crippen LogP contribution in [0.1, 0.15) is 12.0 Å². The SMILES string of the molecule is O=C(N/N=C\c1cn(-c2ccccc2)nc1-c1ccccc1)[C@@H]1CCS(=O)(=O)C1. The second-order valence-corrected chi connectivity index (χ2v) is 9.14. The molecule has 148 valence electrons. The van der Waals surface area contributed by atoms with Gasteiger partial charge in [0, 0.05) is 17.3 Å². The third kappa shape index (κ3) is 4.43. The predicted octanol–water partition coefficient (Wildman–Crippen LogP) is 2.42. The van der Waals surface area contributed by atoms with Crippen molar-refractivity contribution in [2.75, 3.05) is 11.5 Å². The Morgan fingerprint density at radius 1 is 1.10 bits per heavy atom. The van der Waals surface area contributed by atoms with E-state index in [1.807, 2.05) is 66.9 Å². The average Bonchev–Trinajstić information content (AvgIpc) is 3.32. The molecule has 0 spiro atoms. The fourth-order valence-corrected chi connectivity index (χ4v) is 5.02. The van der Waals surface area contributed by atoms with E-state index in [9.17, 15) is 13.2 Å². The smallest absolute Gasteiger partial charge is 0.244 e. The molecule has 3 aromatic rings. The van der Waals surface area contributed by atoms with Gasteiger partial charge >= 0.3 is 0 Å². The number of carbonyl (C=O) groups excluding carboxylic acids is 1. The largest absolute Gasteiger partial charge is 0.273 e. The van der Waals surface area contributed by atoms with Gasteiger partial charge in [0.05, 0.1) is 29.3 Å². The van der Waals surface area contributed by atoms with E-state index in [1.54, 1.807) is 4.68 Å². The monoisotopic (exact) mass is 408 g/mol. The average molecular weight is 408 g/mol. The summed E-state index contributed by atoms with van der Waals surface area (Å²) in [6.07, 6.45) is 3.72. The topological polar surface area (TPSA) is 93.4 Å². The van der Waals surface area contributed by atoms with Crippen molar-refractivity contribution in [2.24, 2.45) is 11.0 Å². The van der Waals surface area contributed by atoms with Crippen LogP contribution in [0.15, 0.2) is 72.0 Å². The summed E-state index contributed by atoms with van der Waals surface area (Å²) in [5, 5.41) is 8.73. The van der Waals surface area contributed by atoms with Gasteiger partial charge in [-0.2, -0.15) is 10.2 Å². The Morgan fingerprint density at radius 2 is 1.79 bits per heavy atom. The second-order valence-electron chi connectivity index (χ2n) is 6.91. The molecule has 1 amide bonds. The lowest BCUT2D eigenvalue weighted by atomic mass is 10.1. The first-order valence-electron chi connectivity index (χ1n) is 9.26. The van der Waals surface area contributed by atoms with Crippen molar-refractivity contribution in [2.45, 2.75) is 6.42 Å². The van der Waals surface area contributed by atoms with Crippen LogP contribution < -0.4 is 5.43 Å². The normalized spacial score (nSPS) is 18.1. The number of amides is 1. The zero-order chi connectivity index (χ0) is 20.3. The van der Waals surface area contributed by atoms with Gasteiger partial charge in [0.2, 0.25) is 5.91 Å². The molecule has 2 heterocycles. The van der Waals surface area contributed by atoms with E-state index in [2.05, 4.69) is 15.6 Å².